The standard InChI is InChI=1S/C22H22N2O6S/c1-3-29-22(27)20-16(13-18(31-20)14-6-8-15(28-2)9-7-14)24-19(25)10-11-23-21(26)17-5-4-12-30-17/h4-9,12-13H,3,10-11H2,1-2H3,(H,23,26)(H,24,25). The molecule has 0 aliphatic heterocycles. The lowest BCUT2D eigenvalue weighted by atomic mass is 10.2. The third-order valence-corrected chi connectivity index (χ3v) is 5.39. The summed E-state index contributed by atoms with van der Waals surface area (Å²) in [6, 6.07) is 12.3. The van der Waals surface area contributed by atoms with Gasteiger partial charge in [-0.3, -0.25) is 9.59 Å². The fourth-order valence-corrected chi connectivity index (χ4v) is 3.74. The van der Waals surface area contributed by atoms with Crippen LogP contribution in [0, 0.1) is 0 Å². The van der Waals surface area contributed by atoms with E-state index in [-0.39, 0.29) is 31.2 Å². The summed E-state index contributed by atoms with van der Waals surface area (Å²) in [7, 11) is 1.59. The number of carbonyl (C=O) groups excluding carboxylic acids is 3. The van der Waals surface area contributed by atoms with Crippen molar-refractivity contribution in [3.05, 3.63) is 59.4 Å². The fourth-order valence-electron chi connectivity index (χ4n) is 2.73. The predicted octanol–water partition coefficient (Wildman–Crippen LogP) is 3.95. The number of methoxy groups -OCH3 is 1. The van der Waals surface area contributed by atoms with Crippen LogP contribution in [-0.4, -0.2) is 38.0 Å². The summed E-state index contributed by atoms with van der Waals surface area (Å²) < 4.78 is 15.3. The van der Waals surface area contributed by atoms with Gasteiger partial charge in [-0.1, -0.05) is 0 Å². The molecule has 0 unspecified atom stereocenters. The summed E-state index contributed by atoms with van der Waals surface area (Å²) in [5.41, 5.74) is 1.25. The SMILES string of the molecule is CCOC(=O)c1sc(-c2ccc(OC)cc2)cc1NC(=O)CCNC(=O)c1ccco1. The molecule has 0 radical (unpaired) electrons. The van der Waals surface area contributed by atoms with Gasteiger partial charge in [-0.05, 0) is 55.0 Å². The van der Waals surface area contributed by atoms with Crippen LogP contribution < -0.4 is 15.4 Å². The summed E-state index contributed by atoms with van der Waals surface area (Å²) >= 11 is 1.23. The van der Waals surface area contributed by atoms with Gasteiger partial charge in [0.25, 0.3) is 5.91 Å². The quantitative estimate of drug-likeness (QED) is 0.486. The Morgan fingerprint density at radius 1 is 1.13 bits per heavy atom. The maximum absolute atomic E-state index is 12.4. The van der Waals surface area contributed by atoms with Crippen molar-refractivity contribution in [1.29, 1.82) is 0 Å². The van der Waals surface area contributed by atoms with Crippen LogP contribution >= 0.6 is 11.3 Å². The van der Waals surface area contributed by atoms with Gasteiger partial charge >= 0.3 is 5.97 Å². The van der Waals surface area contributed by atoms with Crippen LogP contribution in [0.5, 0.6) is 5.75 Å². The summed E-state index contributed by atoms with van der Waals surface area (Å²) in [6.45, 7) is 2.06. The van der Waals surface area contributed by atoms with Crippen molar-refractivity contribution in [2.75, 3.05) is 25.6 Å². The van der Waals surface area contributed by atoms with Crippen molar-refractivity contribution in [3.63, 3.8) is 0 Å². The Kier molecular flexibility index (Phi) is 7.45. The van der Waals surface area contributed by atoms with Gasteiger partial charge in [0, 0.05) is 17.8 Å². The number of ether oxygens (including phenoxy) is 2. The van der Waals surface area contributed by atoms with Gasteiger partial charge in [-0.2, -0.15) is 0 Å². The topological polar surface area (TPSA) is 107 Å². The first-order chi connectivity index (χ1) is 15.0. The third kappa shape index (κ3) is 5.73. The molecule has 0 saturated heterocycles. The minimum atomic E-state index is -0.506. The van der Waals surface area contributed by atoms with Gasteiger partial charge < -0.3 is 24.5 Å². The Balaban J connectivity index is 1.69. The largest absolute Gasteiger partial charge is 0.497 e. The van der Waals surface area contributed by atoms with Crippen LogP contribution in [0.4, 0.5) is 5.69 Å². The van der Waals surface area contributed by atoms with E-state index in [2.05, 4.69) is 10.6 Å². The minimum Gasteiger partial charge on any atom is -0.497 e. The number of amides is 2. The van der Waals surface area contributed by atoms with Crippen LogP contribution in [0.1, 0.15) is 33.6 Å². The number of rotatable bonds is 9. The van der Waals surface area contributed by atoms with Gasteiger partial charge in [0.1, 0.15) is 10.6 Å². The van der Waals surface area contributed by atoms with E-state index in [1.807, 2.05) is 24.3 Å². The lowest BCUT2D eigenvalue weighted by Gasteiger charge is -2.07. The Bertz CT molecular complexity index is 1040. The average Bonchev–Trinajstić information content (AvgIpc) is 3.44. The van der Waals surface area contributed by atoms with E-state index in [9.17, 15) is 14.4 Å². The summed E-state index contributed by atoms with van der Waals surface area (Å²) in [5.74, 6) is -0.358. The number of furan rings is 1. The van der Waals surface area contributed by atoms with Gasteiger partial charge in [0.05, 0.1) is 25.7 Å². The number of nitrogens with one attached hydrogen (secondary N) is 2. The van der Waals surface area contributed by atoms with E-state index < -0.39 is 11.9 Å². The van der Waals surface area contributed by atoms with Crippen LogP contribution in [0.25, 0.3) is 10.4 Å². The van der Waals surface area contributed by atoms with E-state index in [4.69, 9.17) is 13.9 Å². The maximum atomic E-state index is 12.4. The number of hydrogen-bond donors (Lipinski definition) is 2. The van der Waals surface area contributed by atoms with Crippen molar-refractivity contribution in [2.24, 2.45) is 0 Å². The first-order valence-corrected chi connectivity index (χ1v) is 10.4. The second kappa shape index (κ2) is 10.4. The van der Waals surface area contributed by atoms with Gasteiger partial charge in [0.15, 0.2) is 5.76 Å². The van der Waals surface area contributed by atoms with Crippen molar-refractivity contribution in [2.45, 2.75) is 13.3 Å². The Morgan fingerprint density at radius 3 is 2.55 bits per heavy atom. The number of anilines is 1. The van der Waals surface area contributed by atoms with Crippen molar-refractivity contribution < 1.29 is 28.3 Å². The van der Waals surface area contributed by atoms with E-state index >= 15 is 0 Å². The molecule has 9 heteroatoms. The highest BCUT2D eigenvalue weighted by molar-refractivity contribution is 7.18. The molecule has 0 aliphatic carbocycles. The highest BCUT2D eigenvalue weighted by Gasteiger charge is 2.20. The molecule has 0 fully saturated rings. The van der Waals surface area contributed by atoms with Gasteiger partial charge in [-0.15, -0.1) is 11.3 Å². The normalized spacial score (nSPS) is 10.4. The van der Waals surface area contributed by atoms with E-state index in [1.165, 1.54) is 23.7 Å². The number of benzene rings is 1. The predicted molar refractivity (Wildman–Crippen MR) is 117 cm³/mol. The molecule has 8 nitrogen and oxygen atoms in total. The monoisotopic (exact) mass is 442 g/mol. The Labute approximate surface area is 183 Å². The molecule has 2 aromatic heterocycles. The Morgan fingerprint density at radius 2 is 1.90 bits per heavy atom. The first-order valence-electron chi connectivity index (χ1n) is 9.58. The Hall–Kier alpha value is -3.59. The van der Waals surface area contributed by atoms with Gasteiger partial charge in [0.2, 0.25) is 5.91 Å². The molecule has 2 heterocycles. The maximum Gasteiger partial charge on any atom is 0.350 e. The van der Waals surface area contributed by atoms with E-state index in [0.717, 1.165) is 16.2 Å². The zero-order chi connectivity index (χ0) is 22.2. The van der Waals surface area contributed by atoms with Crippen LogP contribution in [0.15, 0.2) is 53.1 Å². The van der Waals surface area contributed by atoms with Gasteiger partial charge in [-0.25, -0.2) is 4.79 Å². The van der Waals surface area contributed by atoms with Crippen LogP contribution in [0.2, 0.25) is 0 Å². The van der Waals surface area contributed by atoms with Crippen LogP contribution in [0.3, 0.4) is 0 Å². The van der Waals surface area contributed by atoms with E-state index in [1.54, 1.807) is 26.2 Å². The first kappa shape index (κ1) is 22.1. The molecule has 0 atom stereocenters. The number of esters is 1. The zero-order valence-corrected chi connectivity index (χ0v) is 17.9. The number of hydrogen-bond acceptors (Lipinski definition) is 7. The molecule has 31 heavy (non-hydrogen) atoms. The molecule has 2 N–H and O–H groups in total. The van der Waals surface area contributed by atoms with Crippen molar-refractivity contribution in [3.8, 4) is 16.2 Å². The highest BCUT2D eigenvalue weighted by Crippen LogP contribution is 2.36. The summed E-state index contributed by atoms with van der Waals surface area (Å²) in [4.78, 5) is 37.7. The molecule has 3 rings (SSSR count). The molecule has 2 amide bonds. The molecule has 3 aromatic rings. The minimum absolute atomic E-state index is 0.0302. The second-order valence-corrected chi connectivity index (χ2v) is 7.39. The molecule has 162 valence electrons. The molecular formula is C22H22N2O6S. The number of carbonyl (C=O) groups is 3. The summed E-state index contributed by atoms with van der Waals surface area (Å²) in [5, 5.41) is 5.35. The van der Waals surface area contributed by atoms with E-state index in [0.29, 0.717) is 10.6 Å². The second-order valence-electron chi connectivity index (χ2n) is 6.33. The lowest BCUT2D eigenvalue weighted by Crippen LogP contribution is -2.27. The molecule has 0 aliphatic rings. The number of thiophene rings is 1. The molecule has 0 spiro atoms. The smallest absolute Gasteiger partial charge is 0.350 e. The zero-order valence-electron chi connectivity index (χ0n) is 17.1. The fraction of sp³-hybridized carbons (Fsp3) is 0.227. The van der Waals surface area contributed by atoms with Crippen molar-refractivity contribution in [1.82, 2.24) is 5.32 Å². The summed E-state index contributed by atoms with van der Waals surface area (Å²) in [6.07, 6.45) is 1.43. The average molecular weight is 442 g/mol. The molecule has 1 aromatic carbocycles. The molecule has 0 saturated carbocycles. The molecular weight excluding hydrogens is 420 g/mol. The molecule has 0 bridgehead atoms. The van der Waals surface area contributed by atoms with Crippen molar-refractivity contribution >= 4 is 34.8 Å². The lowest BCUT2D eigenvalue weighted by molar-refractivity contribution is -0.116. The van der Waals surface area contributed by atoms with Crippen LogP contribution in [-0.2, 0) is 9.53 Å². The third-order valence-electron chi connectivity index (χ3n) is 4.22. The highest BCUT2D eigenvalue weighted by atomic mass is 32.1.